The molecule has 0 amide bonds. The van der Waals surface area contributed by atoms with Crippen LogP contribution >= 0.6 is 0 Å². The van der Waals surface area contributed by atoms with Gasteiger partial charge in [0.1, 0.15) is 0 Å². The first kappa shape index (κ1) is 11.3. The zero-order valence-corrected chi connectivity index (χ0v) is 9.72. The molecule has 0 fully saturated rings. The van der Waals surface area contributed by atoms with E-state index in [2.05, 4.69) is 31.2 Å². The van der Waals surface area contributed by atoms with Gasteiger partial charge < -0.3 is 0 Å². The monoisotopic (exact) mass is 190 g/mol. The van der Waals surface area contributed by atoms with Crippen molar-refractivity contribution in [2.45, 2.75) is 46.5 Å². The van der Waals surface area contributed by atoms with Gasteiger partial charge in [-0.15, -0.1) is 0 Å². The van der Waals surface area contributed by atoms with Crippen LogP contribution in [-0.2, 0) is 0 Å². The first-order chi connectivity index (χ1) is 6.90. The summed E-state index contributed by atoms with van der Waals surface area (Å²) in [4.78, 5) is 0. The van der Waals surface area contributed by atoms with Crippen LogP contribution in [0.5, 0.6) is 0 Å². The van der Waals surface area contributed by atoms with Crippen molar-refractivity contribution in [3.63, 3.8) is 0 Å². The Bertz CT molecular complexity index is 253. The van der Waals surface area contributed by atoms with E-state index in [9.17, 15) is 0 Å². The smallest absolute Gasteiger partial charge is 0.0124 e. The minimum atomic E-state index is 0.838. The van der Waals surface area contributed by atoms with Crippen molar-refractivity contribution in [2.75, 3.05) is 0 Å². The molecule has 2 rings (SSSR count). The fourth-order valence-corrected chi connectivity index (χ4v) is 2.05. The summed E-state index contributed by atoms with van der Waals surface area (Å²) in [6, 6.07) is 0. The van der Waals surface area contributed by atoms with Crippen LogP contribution in [0.2, 0.25) is 0 Å². The van der Waals surface area contributed by atoms with Gasteiger partial charge in [0.05, 0.1) is 0 Å². The highest BCUT2D eigenvalue weighted by atomic mass is 14.2. The van der Waals surface area contributed by atoms with Crippen molar-refractivity contribution in [1.82, 2.24) is 0 Å². The topological polar surface area (TPSA) is 0 Å². The maximum Gasteiger partial charge on any atom is -0.0124 e. The maximum atomic E-state index is 2.41. The highest BCUT2D eigenvalue weighted by Gasteiger charge is 2.16. The summed E-state index contributed by atoms with van der Waals surface area (Å²) in [7, 11) is 0. The first-order valence-corrected chi connectivity index (χ1v) is 5.97. The fourth-order valence-electron chi connectivity index (χ4n) is 2.05. The third-order valence-corrected chi connectivity index (χ3v) is 2.89. The molecule has 0 N–H and O–H groups in total. The van der Waals surface area contributed by atoms with E-state index in [0.717, 1.165) is 5.92 Å². The summed E-state index contributed by atoms with van der Waals surface area (Å²) < 4.78 is 0. The molecule has 0 radical (unpaired) electrons. The lowest BCUT2D eigenvalue weighted by Gasteiger charge is -2.24. The second-order valence-electron chi connectivity index (χ2n) is 3.69. The second-order valence-corrected chi connectivity index (χ2v) is 3.69. The van der Waals surface area contributed by atoms with E-state index in [1.807, 2.05) is 13.8 Å². The molecule has 0 aliphatic heterocycles. The largest absolute Gasteiger partial charge is 0.0842 e. The highest BCUT2D eigenvalue weighted by Crippen LogP contribution is 2.32. The molecule has 14 heavy (non-hydrogen) atoms. The summed E-state index contributed by atoms with van der Waals surface area (Å²) in [6.07, 6.45) is 14.5. The Morgan fingerprint density at radius 3 is 2.86 bits per heavy atom. The van der Waals surface area contributed by atoms with Gasteiger partial charge in [-0.25, -0.2) is 0 Å². The molecular formula is C14H22. The van der Waals surface area contributed by atoms with Crippen LogP contribution in [0.25, 0.3) is 0 Å². The minimum Gasteiger partial charge on any atom is -0.0842 e. The molecule has 0 saturated carbocycles. The van der Waals surface area contributed by atoms with Crippen molar-refractivity contribution in [2.24, 2.45) is 5.92 Å². The van der Waals surface area contributed by atoms with Crippen molar-refractivity contribution in [3.8, 4) is 0 Å². The van der Waals surface area contributed by atoms with E-state index in [-0.39, 0.29) is 0 Å². The van der Waals surface area contributed by atoms with Crippen molar-refractivity contribution >= 4 is 0 Å². The molecule has 0 heterocycles. The van der Waals surface area contributed by atoms with E-state index >= 15 is 0 Å². The maximum absolute atomic E-state index is 2.41. The first-order valence-electron chi connectivity index (χ1n) is 5.97. The molecule has 0 aromatic heterocycles. The summed E-state index contributed by atoms with van der Waals surface area (Å²) >= 11 is 0. The average Bonchev–Trinajstić information content (AvgIpc) is 2.31. The fraction of sp³-hybridized carbons (Fsp3) is 0.571. The van der Waals surface area contributed by atoms with Gasteiger partial charge in [0.2, 0.25) is 0 Å². The number of rotatable bonds is 1. The predicted octanol–water partition coefficient (Wildman–Crippen LogP) is 4.65. The number of allylic oxidation sites excluding steroid dienone is 6. The van der Waals surface area contributed by atoms with Crippen molar-refractivity contribution in [3.05, 3.63) is 35.5 Å². The molecule has 0 nitrogen and oxygen atoms in total. The molecule has 1 atom stereocenters. The van der Waals surface area contributed by atoms with Gasteiger partial charge in [-0.2, -0.15) is 0 Å². The van der Waals surface area contributed by atoms with Crippen LogP contribution in [0.4, 0.5) is 0 Å². The molecule has 2 aliphatic rings. The van der Waals surface area contributed by atoms with Crippen LogP contribution in [-0.4, -0.2) is 0 Å². The highest BCUT2D eigenvalue weighted by molar-refractivity contribution is 5.37. The minimum absolute atomic E-state index is 0.838. The molecular weight excluding hydrogens is 168 g/mol. The van der Waals surface area contributed by atoms with Crippen LogP contribution in [0.3, 0.4) is 0 Å². The van der Waals surface area contributed by atoms with Gasteiger partial charge in [-0.3, -0.25) is 0 Å². The van der Waals surface area contributed by atoms with E-state index in [1.54, 1.807) is 5.57 Å². The lowest BCUT2D eigenvalue weighted by atomic mass is 9.82. The summed E-state index contributed by atoms with van der Waals surface area (Å²) in [6.45, 7) is 6.23. The van der Waals surface area contributed by atoms with Crippen LogP contribution in [0, 0.1) is 5.92 Å². The number of hydrogen-bond donors (Lipinski definition) is 0. The molecule has 0 heteroatoms. The average molecular weight is 190 g/mol. The van der Waals surface area contributed by atoms with Gasteiger partial charge >= 0.3 is 0 Å². The molecule has 0 bridgehead atoms. The van der Waals surface area contributed by atoms with E-state index < -0.39 is 0 Å². The third-order valence-electron chi connectivity index (χ3n) is 2.89. The van der Waals surface area contributed by atoms with E-state index in [1.165, 1.54) is 31.3 Å². The Hall–Kier alpha value is -0.780. The Kier molecular flexibility index (Phi) is 4.72. The quantitative estimate of drug-likeness (QED) is 0.565. The molecule has 0 aromatic rings. The Morgan fingerprint density at radius 2 is 2.14 bits per heavy atom. The van der Waals surface area contributed by atoms with Crippen molar-refractivity contribution in [1.29, 1.82) is 0 Å². The summed E-state index contributed by atoms with van der Waals surface area (Å²) in [5, 5.41) is 0. The zero-order valence-electron chi connectivity index (χ0n) is 9.72. The molecule has 0 aromatic carbocycles. The van der Waals surface area contributed by atoms with Crippen LogP contribution in [0.15, 0.2) is 35.5 Å². The molecule has 1 unspecified atom stereocenters. The van der Waals surface area contributed by atoms with Gasteiger partial charge in [0, 0.05) is 0 Å². The summed E-state index contributed by atoms with van der Waals surface area (Å²) in [5.74, 6) is 0.838. The zero-order chi connectivity index (χ0) is 10.4. The third kappa shape index (κ3) is 2.60. The lowest BCUT2D eigenvalue weighted by Crippen LogP contribution is -2.08. The number of hydrogen-bond acceptors (Lipinski definition) is 0. The normalized spacial score (nSPS) is 24.1. The Labute approximate surface area is 88.4 Å². The van der Waals surface area contributed by atoms with Gasteiger partial charge in [0.15, 0.2) is 0 Å². The predicted molar refractivity (Wildman–Crippen MR) is 64.3 cm³/mol. The molecule has 2 aliphatic carbocycles. The SMILES string of the molecule is CC.CCC1=CCC2CCC=CC2=C1. The van der Waals surface area contributed by atoms with Crippen LogP contribution in [0.1, 0.15) is 46.5 Å². The number of fused-ring (bicyclic) bond motifs is 1. The van der Waals surface area contributed by atoms with Gasteiger partial charge in [0.25, 0.3) is 0 Å². The molecule has 78 valence electrons. The van der Waals surface area contributed by atoms with Gasteiger partial charge in [-0.1, -0.05) is 50.6 Å². The van der Waals surface area contributed by atoms with Crippen molar-refractivity contribution < 1.29 is 0 Å². The second kappa shape index (κ2) is 5.85. The standard InChI is InChI=1S/C12H16.C2H6/c1-2-10-7-8-11-5-3-4-6-12(11)9-10;1-2/h4,6-7,9,11H,2-3,5,8H2,1H3;1-2H3. The Balaban J connectivity index is 0.000000461. The molecule has 0 saturated heterocycles. The Morgan fingerprint density at radius 1 is 1.36 bits per heavy atom. The van der Waals surface area contributed by atoms with E-state index in [0.29, 0.717) is 0 Å². The van der Waals surface area contributed by atoms with E-state index in [4.69, 9.17) is 0 Å². The lowest BCUT2D eigenvalue weighted by molar-refractivity contribution is 0.561. The summed E-state index contributed by atoms with van der Waals surface area (Å²) in [5.41, 5.74) is 3.09. The molecule has 0 spiro atoms. The van der Waals surface area contributed by atoms with Gasteiger partial charge in [-0.05, 0) is 37.2 Å². The van der Waals surface area contributed by atoms with Crippen LogP contribution < -0.4 is 0 Å².